The Kier molecular flexibility index (Phi) is 7.06. The van der Waals surface area contributed by atoms with E-state index in [0.717, 1.165) is 20.7 Å². The van der Waals surface area contributed by atoms with Crippen molar-refractivity contribution in [2.24, 2.45) is 0 Å². The largest absolute Gasteiger partial charge is 0.389 e. The molecule has 0 bridgehead atoms. The predicted molar refractivity (Wildman–Crippen MR) is 73.8 cm³/mol. The molecule has 0 saturated heterocycles. The lowest BCUT2D eigenvalue weighted by atomic mass is 10.9. The summed E-state index contributed by atoms with van der Waals surface area (Å²) in [5.74, 6) is 0.496. The molecule has 1 aromatic rings. The zero-order valence-electron chi connectivity index (χ0n) is 9.91. The van der Waals surface area contributed by atoms with E-state index in [1.807, 2.05) is 6.26 Å². The summed E-state index contributed by atoms with van der Waals surface area (Å²) in [5.41, 5.74) is 0. The molecule has 0 spiro atoms. The van der Waals surface area contributed by atoms with E-state index < -0.39 is 6.80 Å². The van der Waals surface area contributed by atoms with Gasteiger partial charge in [-0.25, -0.2) is 4.57 Å². The Labute approximate surface area is 113 Å². The minimum absolute atomic E-state index is 0.371. The molecule has 0 atom stereocenters. The van der Waals surface area contributed by atoms with Crippen molar-refractivity contribution in [1.29, 1.82) is 0 Å². The highest BCUT2D eigenvalue weighted by Gasteiger charge is 2.25. The number of aromatic nitrogens is 2. The van der Waals surface area contributed by atoms with Crippen LogP contribution in [-0.2, 0) is 19.4 Å². The van der Waals surface area contributed by atoms with E-state index in [2.05, 4.69) is 10.2 Å². The normalized spacial score (nSPS) is 11.9. The van der Waals surface area contributed by atoms with E-state index in [4.69, 9.17) is 9.05 Å². The molecule has 17 heavy (non-hydrogen) atoms. The van der Waals surface area contributed by atoms with Crippen LogP contribution in [0.1, 0.15) is 18.9 Å². The molecule has 1 heterocycles. The molecule has 1 aromatic heterocycles. The maximum absolute atomic E-state index is 12.1. The zero-order chi connectivity index (χ0) is 12.7. The van der Waals surface area contributed by atoms with Gasteiger partial charge in [-0.2, -0.15) is 0 Å². The smallest absolute Gasteiger partial charge is 0.301 e. The Morgan fingerprint density at radius 1 is 1.29 bits per heavy atom. The van der Waals surface area contributed by atoms with Gasteiger partial charge in [0.15, 0.2) is 4.34 Å². The molecule has 0 amide bonds. The maximum atomic E-state index is 12.1. The second-order valence-electron chi connectivity index (χ2n) is 2.72. The van der Waals surface area contributed by atoms with Gasteiger partial charge in [0, 0.05) is 0 Å². The van der Waals surface area contributed by atoms with Gasteiger partial charge in [0.25, 0.3) is 0 Å². The fourth-order valence-corrected chi connectivity index (χ4v) is 5.83. The number of nitrogens with zero attached hydrogens (tertiary/aromatic N) is 2. The van der Waals surface area contributed by atoms with Crippen molar-refractivity contribution < 1.29 is 13.6 Å². The fourth-order valence-electron chi connectivity index (χ4n) is 0.941. The van der Waals surface area contributed by atoms with Crippen LogP contribution < -0.4 is 0 Å². The van der Waals surface area contributed by atoms with Crippen LogP contribution in [0.2, 0.25) is 0 Å². The first-order valence-corrected chi connectivity index (χ1v) is 10.2. The lowest BCUT2D eigenvalue weighted by Gasteiger charge is -2.14. The average Bonchev–Trinajstić information content (AvgIpc) is 2.75. The number of rotatable bonds is 8. The van der Waals surface area contributed by atoms with Crippen molar-refractivity contribution in [3.63, 3.8) is 0 Å². The molecular weight excluding hydrogens is 299 g/mol. The van der Waals surface area contributed by atoms with E-state index in [9.17, 15) is 4.57 Å². The highest BCUT2D eigenvalue weighted by atomic mass is 32.7. The first kappa shape index (κ1) is 15.5. The third-order valence-corrected chi connectivity index (χ3v) is 7.46. The summed E-state index contributed by atoms with van der Waals surface area (Å²) in [6.45, 7) is 1.30. The molecule has 0 radical (unpaired) electrons. The summed E-state index contributed by atoms with van der Waals surface area (Å²) in [5, 5.41) is 8.81. The quantitative estimate of drug-likeness (QED) is 0.536. The van der Waals surface area contributed by atoms with E-state index in [1.54, 1.807) is 25.6 Å². The standard InChI is InChI=1S/C8H15N2O3PS3/c1-4-12-14(11,13-5-2)16-6-7-9-10-8(15-3)17-7/h4-6H2,1-3H3. The molecule has 1 rings (SSSR count). The summed E-state index contributed by atoms with van der Waals surface area (Å²) in [7, 11) is 0. The Morgan fingerprint density at radius 2 is 1.94 bits per heavy atom. The Morgan fingerprint density at radius 3 is 2.41 bits per heavy atom. The van der Waals surface area contributed by atoms with Crippen LogP contribution in [-0.4, -0.2) is 29.7 Å². The number of thioether (sulfide) groups is 1. The Hall–Kier alpha value is 0.410. The van der Waals surface area contributed by atoms with Crippen LogP contribution in [0.5, 0.6) is 0 Å². The van der Waals surface area contributed by atoms with Crippen LogP contribution in [0.25, 0.3) is 0 Å². The molecule has 0 fully saturated rings. The molecule has 0 aliphatic rings. The maximum Gasteiger partial charge on any atom is 0.389 e. The minimum atomic E-state index is -3.04. The third kappa shape index (κ3) is 5.28. The second kappa shape index (κ2) is 7.76. The van der Waals surface area contributed by atoms with Gasteiger partial charge in [0.2, 0.25) is 0 Å². The highest BCUT2D eigenvalue weighted by Crippen LogP contribution is 2.61. The molecule has 0 saturated carbocycles. The highest BCUT2D eigenvalue weighted by molar-refractivity contribution is 8.54. The van der Waals surface area contributed by atoms with Crippen molar-refractivity contribution in [3.8, 4) is 0 Å². The van der Waals surface area contributed by atoms with Gasteiger partial charge in [0.1, 0.15) is 5.01 Å². The van der Waals surface area contributed by atoms with Gasteiger partial charge in [-0.05, 0) is 31.5 Å². The van der Waals surface area contributed by atoms with Crippen LogP contribution in [0, 0.1) is 0 Å². The van der Waals surface area contributed by atoms with E-state index in [0.29, 0.717) is 19.0 Å². The van der Waals surface area contributed by atoms with E-state index in [-0.39, 0.29) is 0 Å². The van der Waals surface area contributed by atoms with E-state index >= 15 is 0 Å². The average molecular weight is 314 g/mol. The molecule has 5 nitrogen and oxygen atoms in total. The van der Waals surface area contributed by atoms with Crippen molar-refractivity contribution in [2.45, 2.75) is 23.9 Å². The molecule has 0 aliphatic carbocycles. The molecule has 0 unspecified atom stereocenters. The number of hydrogen-bond donors (Lipinski definition) is 0. The van der Waals surface area contributed by atoms with Gasteiger partial charge in [-0.1, -0.05) is 23.1 Å². The summed E-state index contributed by atoms with van der Waals surface area (Å²) in [6, 6.07) is 0. The predicted octanol–water partition coefficient (Wildman–Crippen LogP) is 3.67. The Balaban J connectivity index is 2.54. The molecule has 0 N–H and O–H groups in total. The van der Waals surface area contributed by atoms with Gasteiger partial charge in [-0.3, -0.25) is 0 Å². The van der Waals surface area contributed by atoms with Gasteiger partial charge >= 0.3 is 6.80 Å². The zero-order valence-corrected chi connectivity index (χ0v) is 13.3. The molecule has 98 valence electrons. The molecule has 0 aromatic carbocycles. The molecular formula is C8H15N2O3PS3. The van der Waals surface area contributed by atoms with Gasteiger partial charge in [-0.15, -0.1) is 10.2 Å². The van der Waals surface area contributed by atoms with Crippen molar-refractivity contribution >= 4 is 41.3 Å². The first-order valence-electron chi connectivity index (χ1n) is 5.03. The second-order valence-corrected chi connectivity index (χ2v) is 8.91. The molecule has 9 heteroatoms. The van der Waals surface area contributed by atoms with Crippen molar-refractivity contribution in [3.05, 3.63) is 5.01 Å². The SMILES string of the molecule is CCOP(=O)(OCC)SCc1nnc(SC)s1. The van der Waals surface area contributed by atoms with Crippen LogP contribution in [0.15, 0.2) is 4.34 Å². The van der Waals surface area contributed by atoms with Gasteiger partial charge < -0.3 is 9.05 Å². The molecule has 0 aliphatic heterocycles. The van der Waals surface area contributed by atoms with Crippen LogP contribution in [0.3, 0.4) is 0 Å². The Bertz CT molecular complexity index is 378. The summed E-state index contributed by atoms with van der Waals surface area (Å²) in [6.07, 6.45) is 1.95. The van der Waals surface area contributed by atoms with Crippen molar-refractivity contribution in [1.82, 2.24) is 10.2 Å². The summed E-state index contributed by atoms with van der Waals surface area (Å²) >= 11 is 4.20. The lowest BCUT2D eigenvalue weighted by Crippen LogP contribution is -1.93. The van der Waals surface area contributed by atoms with Crippen LogP contribution >= 0.6 is 41.3 Å². The van der Waals surface area contributed by atoms with Crippen molar-refractivity contribution in [2.75, 3.05) is 19.5 Å². The number of hydrogen-bond acceptors (Lipinski definition) is 8. The monoisotopic (exact) mass is 314 g/mol. The summed E-state index contributed by atoms with van der Waals surface area (Å²) < 4.78 is 23.4. The topological polar surface area (TPSA) is 61.3 Å². The van der Waals surface area contributed by atoms with Crippen LogP contribution in [0.4, 0.5) is 0 Å². The minimum Gasteiger partial charge on any atom is -0.301 e. The summed E-state index contributed by atoms with van der Waals surface area (Å²) in [4.78, 5) is 0. The first-order chi connectivity index (χ1) is 8.13. The van der Waals surface area contributed by atoms with Gasteiger partial charge in [0.05, 0.1) is 19.0 Å². The lowest BCUT2D eigenvalue weighted by molar-refractivity contribution is 0.237. The third-order valence-electron chi connectivity index (χ3n) is 1.54. The van der Waals surface area contributed by atoms with E-state index in [1.165, 1.54) is 11.3 Å². The fraction of sp³-hybridized carbons (Fsp3) is 0.750.